The fourth-order valence-electron chi connectivity index (χ4n) is 2.07. The molecule has 0 aliphatic heterocycles. The van der Waals surface area contributed by atoms with Crippen LogP contribution in [-0.4, -0.2) is 13.2 Å². The van der Waals surface area contributed by atoms with E-state index in [1.54, 1.807) is 0 Å². The van der Waals surface area contributed by atoms with E-state index in [0.29, 0.717) is 0 Å². The Bertz CT molecular complexity index is 314. The predicted octanol–water partition coefficient (Wildman–Crippen LogP) is 4.81. The van der Waals surface area contributed by atoms with Gasteiger partial charge in [0.05, 0.1) is 0 Å². The average Bonchev–Trinajstić information content (AvgIpc) is 2.34. The molecule has 102 valence electrons. The second kappa shape index (κ2) is 7.58. The molecule has 1 nitrogen and oxygen atoms in total. The van der Waals surface area contributed by atoms with Crippen LogP contribution >= 0.6 is 0 Å². The minimum atomic E-state index is 0.253. The number of benzene rings is 1. The molecule has 0 radical (unpaired) electrons. The summed E-state index contributed by atoms with van der Waals surface area (Å²) in [7, 11) is 0. The zero-order chi connectivity index (χ0) is 13.4. The maximum Gasteiger partial charge on any atom is 0.0468 e. The van der Waals surface area contributed by atoms with Gasteiger partial charge in [0, 0.05) is 13.2 Å². The minimum Gasteiger partial charge on any atom is -0.381 e. The molecule has 0 heterocycles. The molecule has 1 heteroatoms. The van der Waals surface area contributed by atoms with Gasteiger partial charge in [-0.15, -0.1) is 0 Å². The number of rotatable bonds is 8. The van der Waals surface area contributed by atoms with Crippen LogP contribution < -0.4 is 0 Å². The molecule has 0 aliphatic carbocycles. The summed E-state index contributed by atoms with van der Waals surface area (Å²) in [6, 6.07) is 10.8. The lowest BCUT2D eigenvalue weighted by molar-refractivity contribution is 0.116. The molecule has 0 saturated carbocycles. The van der Waals surface area contributed by atoms with Crippen molar-refractivity contribution in [2.24, 2.45) is 5.92 Å². The molecule has 1 aromatic carbocycles. The zero-order valence-corrected chi connectivity index (χ0v) is 12.4. The van der Waals surface area contributed by atoms with Gasteiger partial charge in [0.2, 0.25) is 0 Å². The Morgan fingerprint density at radius 3 is 2.33 bits per heavy atom. The van der Waals surface area contributed by atoms with Crippen LogP contribution in [0.3, 0.4) is 0 Å². The SMILES string of the molecule is CC(C)CCOCCCC(C)(C)c1ccccc1. The molecular formula is C17H28O. The van der Waals surface area contributed by atoms with Crippen LogP contribution in [-0.2, 0) is 10.2 Å². The standard InChI is InChI=1S/C17H28O/c1-15(2)11-14-18-13-8-12-17(3,4)16-9-6-5-7-10-16/h5-7,9-10,15H,8,11-14H2,1-4H3. The molecule has 18 heavy (non-hydrogen) atoms. The van der Waals surface area contributed by atoms with Gasteiger partial charge in [-0.2, -0.15) is 0 Å². The third-order valence-electron chi connectivity index (χ3n) is 3.49. The molecular weight excluding hydrogens is 220 g/mol. The summed E-state index contributed by atoms with van der Waals surface area (Å²) in [4.78, 5) is 0. The van der Waals surface area contributed by atoms with Gasteiger partial charge in [0.25, 0.3) is 0 Å². The summed E-state index contributed by atoms with van der Waals surface area (Å²) in [5.41, 5.74) is 1.68. The Hall–Kier alpha value is -0.820. The van der Waals surface area contributed by atoms with Crippen molar-refractivity contribution >= 4 is 0 Å². The van der Waals surface area contributed by atoms with E-state index in [4.69, 9.17) is 4.74 Å². The number of hydrogen-bond donors (Lipinski definition) is 0. The second-order valence-electron chi connectivity index (χ2n) is 6.15. The summed E-state index contributed by atoms with van der Waals surface area (Å²) < 4.78 is 5.68. The van der Waals surface area contributed by atoms with Crippen molar-refractivity contribution in [3.63, 3.8) is 0 Å². The summed E-state index contributed by atoms with van der Waals surface area (Å²) in [6.45, 7) is 10.9. The van der Waals surface area contributed by atoms with Crippen LogP contribution in [0.1, 0.15) is 52.5 Å². The van der Waals surface area contributed by atoms with Crippen molar-refractivity contribution in [3.8, 4) is 0 Å². The van der Waals surface area contributed by atoms with Gasteiger partial charge >= 0.3 is 0 Å². The van der Waals surface area contributed by atoms with Crippen molar-refractivity contribution < 1.29 is 4.74 Å². The highest BCUT2D eigenvalue weighted by atomic mass is 16.5. The second-order valence-corrected chi connectivity index (χ2v) is 6.15. The molecule has 0 N–H and O–H groups in total. The first-order valence-corrected chi connectivity index (χ1v) is 7.15. The zero-order valence-electron chi connectivity index (χ0n) is 12.4. The van der Waals surface area contributed by atoms with Gasteiger partial charge in [-0.3, -0.25) is 0 Å². The third kappa shape index (κ3) is 5.68. The molecule has 0 fully saturated rings. The molecule has 0 saturated heterocycles. The van der Waals surface area contributed by atoms with E-state index >= 15 is 0 Å². The smallest absolute Gasteiger partial charge is 0.0468 e. The van der Waals surface area contributed by atoms with E-state index in [9.17, 15) is 0 Å². The van der Waals surface area contributed by atoms with E-state index in [1.807, 2.05) is 0 Å². The van der Waals surface area contributed by atoms with Crippen molar-refractivity contribution in [2.75, 3.05) is 13.2 Å². The molecule has 1 rings (SSSR count). The van der Waals surface area contributed by atoms with Crippen LogP contribution in [0.5, 0.6) is 0 Å². The lowest BCUT2D eigenvalue weighted by Crippen LogP contribution is -2.17. The lowest BCUT2D eigenvalue weighted by atomic mass is 9.81. The van der Waals surface area contributed by atoms with E-state index in [0.717, 1.165) is 25.6 Å². The van der Waals surface area contributed by atoms with Gasteiger partial charge in [-0.05, 0) is 36.2 Å². The van der Waals surface area contributed by atoms with E-state index in [-0.39, 0.29) is 5.41 Å². The quantitative estimate of drug-likeness (QED) is 0.600. The maximum atomic E-state index is 5.68. The average molecular weight is 248 g/mol. The van der Waals surface area contributed by atoms with E-state index in [2.05, 4.69) is 58.0 Å². The normalized spacial score (nSPS) is 12.1. The Morgan fingerprint density at radius 1 is 1.06 bits per heavy atom. The summed E-state index contributed by atoms with van der Waals surface area (Å²) in [5.74, 6) is 0.741. The molecule has 0 bridgehead atoms. The van der Waals surface area contributed by atoms with Gasteiger partial charge in [-0.1, -0.05) is 58.0 Å². The Balaban J connectivity index is 2.22. The minimum absolute atomic E-state index is 0.253. The van der Waals surface area contributed by atoms with Gasteiger partial charge in [0.1, 0.15) is 0 Å². The first kappa shape index (κ1) is 15.2. The first-order valence-electron chi connectivity index (χ1n) is 7.15. The molecule has 0 aromatic heterocycles. The van der Waals surface area contributed by atoms with Gasteiger partial charge in [-0.25, -0.2) is 0 Å². The van der Waals surface area contributed by atoms with Gasteiger partial charge in [0.15, 0.2) is 0 Å². The van der Waals surface area contributed by atoms with E-state index < -0.39 is 0 Å². The van der Waals surface area contributed by atoms with Crippen LogP contribution in [0.2, 0.25) is 0 Å². The Labute approximate surface area is 113 Å². The monoisotopic (exact) mass is 248 g/mol. The molecule has 0 aliphatic rings. The van der Waals surface area contributed by atoms with Crippen molar-refractivity contribution in [3.05, 3.63) is 35.9 Å². The highest BCUT2D eigenvalue weighted by Crippen LogP contribution is 2.27. The highest BCUT2D eigenvalue weighted by molar-refractivity contribution is 5.23. The Morgan fingerprint density at radius 2 is 1.72 bits per heavy atom. The summed E-state index contributed by atoms with van der Waals surface area (Å²) >= 11 is 0. The Kier molecular flexibility index (Phi) is 6.42. The molecule has 0 spiro atoms. The van der Waals surface area contributed by atoms with Crippen LogP contribution in [0.15, 0.2) is 30.3 Å². The van der Waals surface area contributed by atoms with Crippen LogP contribution in [0, 0.1) is 5.92 Å². The van der Waals surface area contributed by atoms with Crippen molar-refractivity contribution in [1.82, 2.24) is 0 Å². The number of hydrogen-bond acceptors (Lipinski definition) is 1. The maximum absolute atomic E-state index is 5.68. The van der Waals surface area contributed by atoms with Crippen molar-refractivity contribution in [1.29, 1.82) is 0 Å². The summed E-state index contributed by atoms with van der Waals surface area (Å²) in [5, 5.41) is 0. The fourth-order valence-corrected chi connectivity index (χ4v) is 2.07. The third-order valence-corrected chi connectivity index (χ3v) is 3.49. The molecule has 0 amide bonds. The number of ether oxygens (including phenoxy) is 1. The molecule has 0 unspecified atom stereocenters. The highest BCUT2D eigenvalue weighted by Gasteiger charge is 2.19. The summed E-state index contributed by atoms with van der Waals surface area (Å²) in [6.07, 6.45) is 3.49. The molecule has 0 atom stereocenters. The van der Waals surface area contributed by atoms with Crippen molar-refractivity contribution in [2.45, 2.75) is 52.4 Å². The lowest BCUT2D eigenvalue weighted by Gasteiger charge is -2.25. The molecule has 1 aromatic rings. The van der Waals surface area contributed by atoms with E-state index in [1.165, 1.54) is 18.4 Å². The van der Waals surface area contributed by atoms with Gasteiger partial charge < -0.3 is 4.74 Å². The van der Waals surface area contributed by atoms with Crippen LogP contribution in [0.25, 0.3) is 0 Å². The van der Waals surface area contributed by atoms with Crippen LogP contribution in [0.4, 0.5) is 0 Å². The predicted molar refractivity (Wildman–Crippen MR) is 79.0 cm³/mol. The largest absolute Gasteiger partial charge is 0.381 e. The fraction of sp³-hybridized carbons (Fsp3) is 0.647. The first-order chi connectivity index (χ1) is 8.52. The topological polar surface area (TPSA) is 9.23 Å².